The minimum Gasteiger partial charge on any atom is -0.207 e. The Hall–Kier alpha value is -0.850. The van der Waals surface area contributed by atoms with Gasteiger partial charge in [0.2, 0.25) is 0 Å². The van der Waals surface area contributed by atoms with E-state index in [0.717, 1.165) is 29.6 Å². The molecule has 3 fully saturated rings. The molecule has 0 aromatic heterocycles. The summed E-state index contributed by atoms with van der Waals surface area (Å²) in [5.74, 6) is 5.63. The predicted octanol–water partition coefficient (Wildman–Crippen LogP) is 6.95. The third kappa shape index (κ3) is 3.28. The second-order valence-corrected chi connectivity index (χ2v) is 8.95. The van der Waals surface area contributed by atoms with E-state index in [2.05, 4.69) is 6.92 Å². The number of hydrogen-bond acceptors (Lipinski definition) is 0. The van der Waals surface area contributed by atoms with Crippen LogP contribution in [0.15, 0.2) is 24.3 Å². The van der Waals surface area contributed by atoms with Crippen molar-refractivity contribution in [2.24, 2.45) is 29.6 Å². The molecule has 0 spiro atoms. The normalized spacial score (nSPS) is 39.1. The first-order chi connectivity index (χ1) is 11.7. The first kappa shape index (κ1) is 16.6. The van der Waals surface area contributed by atoms with Crippen molar-refractivity contribution < 1.29 is 4.39 Å². The maximum atomic E-state index is 13.2. The number of fused-ring (bicyclic) bond motifs is 3. The Morgan fingerprint density at radius 2 is 1.50 bits per heavy atom. The molecule has 0 bridgehead atoms. The molecule has 0 radical (unpaired) electrons. The number of benzene rings is 1. The van der Waals surface area contributed by atoms with Crippen LogP contribution >= 0.6 is 0 Å². The molecule has 3 saturated carbocycles. The molecule has 1 heteroatoms. The summed E-state index contributed by atoms with van der Waals surface area (Å²) >= 11 is 0. The first-order valence-corrected chi connectivity index (χ1v) is 10.5. The second-order valence-electron chi connectivity index (χ2n) is 8.95. The van der Waals surface area contributed by atoms with E-state index < -0.39 is 0 Å². The molecule has 0 heterocycles. The molecule has 3 aliphatic carbocycles. The molecule has 24 heavy (non-hydrogen) atoms. The van der Waals surface area contributed by atoms with Crippen LogP contribution in [0.4, 0.5) is 4.39 Å². The third-order valence-electron chi connectivity index (χ3n) is 7.69. The van der Waals surface area contributed by atoms with Gasteiger partial charge in [-0.1, -0.05) is 38.3 Å². The molecule has 0 N–H and O–H groups in total. The summed E-state index contributed by atoms with van der Waals surface area (Å²) in [6, 6.07) is 7.35. The summed E-state index contributed by atoms with van der Waals surface area (Å²) in [5.41, 5.74) is 1.38. The molecular weight excluding hydrogens is 295 g/mol. The predicted molar refractivity (Wildman–Crippen MR) is 98.4 cm³/mol. The van der Waals surface area contributed by atoms with Crippen molar-refractivity contribution in [2.75, 3.05) is 0 Å². The molecule has 6 atom stereocenters. The van der Waals surface area contributed by atoms with Gasteiger partial charge in [0.05, 0.1) is 0 Å². The van der Waals surface area contributed by atoms with Gasteiger partial charge in [-0.2, -0.15) is 0 Å². The fourth-order valence-corrected chi connectivity index (χ4v) is 6.60. The summed E-state index contributed by atoms with van der Waals surface area (Å²) < 4.78 is 13.2. The second kappa shape index (κ2) is 7.18. The van der Waals surface area contributed by atoms with Gasteiger partial charge in [-0.25, -0.2) is 4.39 Å². The topological polar surface area (TPSA) is 0 Å². The van der Waals surface area contributed by atoms with Crippen LogP contribution in [0.25, 0.3) is 0 Å². The van der Waals surface area contributed by atoms with E-state index in [1.165, 1.54) is 69.8 Å². The Bertz CT molecular complexity index is 533. The molecule has 0 nitrogen and oxygen atoms in total. The highest BCUT2D eigenvalue weighted by atomic mass is 19.1. The highest BCUT2D eigenvalue weighted by molar-refractivity contribution is 5.21. The van der Waals surface area contributed by atoms with Crippen molar-refractivity contribution in [1.29, 1.82) is 0 Å². The van der Waals surface area contributed by atoms with Crippen molar-refractivity contribution >= 4 is 0 Å². The van der Waals surface area contributed by atoms with Gasteiger partial charge in [-0.15, -0.1) is 0 Å². The van der Waals surface area contributed by atoms with E-state index in [1.807, 2.05) is 12.1 Å². The van der Waals surface area contributed by atoms with Gasteiger partial charge < -0.3 is 0 Å². The lowest BCUT2D eigenvalue weighted by Gasteiger charge is -2.51. The average molecular weight is 329 g/mol. The SMILES string of the molecule is CCC[C@@H]1CC[C@H]2[C@H](CC[C@H]3CC(c4ccc(F)cc4)CC[C@@H]32)C1. The Morgan fingerprint density at radius 3 is 2.21 bits per heavy atom. The van der Waals surface area contributed by atoms with Crippen LogP contribution in [-0.4, -0.2) is 0 Å². The van der Waals surface area contributed by atoms with Gasteiger partial charge in [-0.05, 0) is 98.1 Å². The Labute approximate surface area is 147 Å². The zero-order valence-electron chi connectivity index (χ0n) is 15.2. The molecule has 1 aromatic rings. The van der Waals surface area contributed by atoms with E-state index in [-0.39, 0.29) is 5.82 Å². The minimum absolute atomic E-state index is 0.100. The zero-order chi connectivity index (χ0) is 16.5. The lowest BCUT2D eigenvalue weighted by Crippen LogP contribution is -2.41. The highest BCUT2D eigenvalue weighted by Gasteiger charge is 2.44. The van der Waals surface area contributed by atoms with Crippen LogP contribution in [0.2, 0.25) is 0 Å². The molecule has 4 rings (SSSR count). The van der Waals surface area contributed by atoms with E-state index >= 15 is 0 Å². The Morgan fingerprint density at radius 1 is 0.833 bits per heavy atom. The lowest BCUT2D eigenvalue weighted by molar-refractivity contribution is 0.00543. The third-order valence-corrected chi connectivity index (χ3v) is 7.69. The largest absolute Gasteiger partial charge is 0.207 e. The minimum atomic E-state index is -0.100. The van der Waals surface area contributed by atoms with E-state index in [9.17, 15) is 4.39 Å². The van der Waals surface area contributed by atoms with Crippen LogP contribution in [0.1, 0.15) is 82.6 Å². The number of hydrogen-bond donors (Lipinski definition) is 0. The Kier molecular flexibility index (Phi) is 4.97. The van der Waals surface area contributed by atoms with Gasteiger partial charge in [0, 0.05) is 0 Å². The van der Waals surface area contributed by atoms with Crippen molar-refractivity contribution in [3.63, 3.8) is 0 Å². The van der Waals surface area contributed by atoms with Crippen molar-refractivity contribution in [2.45, 2.75) is 77.0 Å². The van der Waals surface area contributed by atoms with Crippen LogP contribution in [0.5, 0.6) is 0 Å². The van der Waals surface area contributed by atoms with E-state index in [0.29, 0.717) is 5.92 Å². The van der Waals surface area contributed by atoms with Crippen molar-refractivity contribution in [1.82, 2.24) is 0 Å². The number of rotatable bonds is 3. The summed E-state index contributed by atoms with van der Waals surface area (Å²) in [7, 11) is 0. The van der Waals surface area contributed by atoms with Gasteiger partial charge in [0.15, 0.2) is 0 Å². The Balaban J connectivity index is 1.40. The fraction of sp³-hybridized carbons (Fsp3) is 0.739. The summed E-state index contributed by atoms with van der Waals surface area (Å²) in [5, 5.41) is 0. The van der Waals surface area contributed by atoms with Crippen molar-refractivity contribution in [3.8, 4) is 0 Å². The highest BCUT2D eigenvalue weighted by Crippen LogP contribution is 2.55. The van der Waals surface area contributed by atoms with Crippen LogP contribution in [0, 0.1) is 35.4 Å². The quantitative estimate of drug-likeness (QED) is 0.563. The molecular formula is C23H33F. The monoisotopic (exact) mass is 328 g/mol. The van der Waals surface area contributed by atoms with Gasteiger partial charge in [0.1, 0.15) is 5.82 Å². The van der Waals surface area contributed by atoms with E-state index in [1.54, 1.807) is 12.1 Å². The first-order valence-electron chi connectivity index (χ1n) is 10.5. The molecule has 1 aromatic carbocycles. The average Bonchev–Trinajstić information content (AvgIpc) is 2.62. The molecule has 1 unspecified atom stereocenters. The lowest BCUT2D eigenvalue weighted by atomic mass is 9.55. The maximum absolute atomic E-state index is 13.2. The molecule has 3 aliphatic rings. The molecule has 0 aliphatic heterocycles. The fourth-order valence-electron chi connectivity index (χ4n) is 6.60. The van der Waals surface area contributed by atoms with Crippen LogP contribution in [0.3, 0.4) is 0 Å². The summed E-state index contributed by atoms with van der Waals surface area (Å²) in [4.78, 5) is 0. The summed E-state index contributed by atoms with van der Waals surface area (Å²) in [6.45, 7) is 2.35. The van der Waals surface area contributed by atoms with Gasteiger partial charge in [0.25, 0.3) is 0 Å². The zero-order valence-corrected chi connectivity index (χ0v) is 15.2. The van der Waals surface area contributed by atoms with Crippen LogP contribution in [-0.2, 0) is 0 Å². The maximum Gasteiger partial charge on any atom is 0.123 e. The van der Waals surface area contributed by atoms with Crippen LogP contribution < -0.4 is 0 Å². The van der Waals surface area contributed by atoms with Crippen molar-refractivity contribution in [3.05, 3.63) is 35.6 Å². The van der Waals surface area contributed by atoms with Gasteiger partial charge >= 0.3 is 0 Å². The smallest absolute Gasteiger partial charge is 0.123 e. The molecule has 0 amide bonds. The standard InChI is InChI=1S/C23H33F/c1-2-3-16-4-12-22-19(14-16)5-6-20-15-18(9-13-23(20)22)17-7-10-21(24)11-8-17/h7-8,10-11,16,18-20,22-23H,2-6,9,12-15H2,1H3/t16-,18?,19-,20+,22+,23+/m1/s1. The van der Waals surface area contributed by atoms with Gasteiger partial charge in [-0.3, -0.25) is 0 Å². The molecule has 0 saturated heterocycles. The van der Waals surface area contributed by atoms with E-state index in [4.69, 9.17) is 0 Å². The molecule has 132 valence electrons. The number of halogens is 1. The summed E-state index contributed by atoms with van der Waals surface area (Å²) in [6.07, 6.45) is 14.4.